The van der Waals surface area contributed by atoms with Gasteiger partial charge in [0.05, 0.1) is 13.0 Å². The van der Waals surface area contributed by atoms with Crippen molar-refractivity contribution in [3.63, 3.8) is 0 Å². The Kier molecular flexibility index (Phi) is 4.22. The molecule has 0 atom stereocenters. The average Bonchev–Trinajstić information content (AvgIpc) is 2.18. The first-order valence-electron chi connectivity index (χ1n) is 5.05. The van der Waals surface area contributed by atoms with Crippen LogP contribution in [0.25, 0.3) is 0 Å². The van der Waals surface area contributed by atoms with Crippen LogP contribution in [0.3, 0.4) is 0 Å². The van der Waals surface area contributed by atoms with E-state index in [-0.39, 0.29) is 11.9 Å². The molecule has 13 heavy (non-hydrogen) atoms. The average molecular weight is 185 g/mol. The number of ether oxygens (including phenoxy) is 1. The molecule has 0 aromatic carbocycles. The third-order valence-corrected chi connectivity index (χ3v) is 2.96. The van der Waals surface area contributed by atoms with E-state index in [1.165, 1.54) is 7.11 Å². The Morgan fingerprint density at radius 1 is 1.38 bits per heavy atom. The van der Waals surface area contributed by atoms with Crippen LogP contribution in [0.1, 0.15) is 32.1 Å². The molecule has 0 heterocycles. The number of methoxy groups -OCH3 is 1. The maximum Gasteiger partial charge on any atom is 0.308 e. The Balaban J connectivity index is 2.26. The Morgan fingerprint density at radius 2 is 2.00 bits per heavy atom. The fourth-order valence-corrected chi connectivity index (χ4v) is 2.09. The second-order valence-corrected chi connectivity index (χ2v) is 3.82. The van der Waals surface area contributed by atoms with Gasteiger partial charge in [0.15, 0.2) is 0 Å². The van der Waals surface area contributed by atoms with Crippen molar-refractivity contribution >= 4 is 5.97 Å². The number of esters is 1. The Bertz CT molecular complexity index is 162. The molecule has 0 aromatic rings. The summed E-state index contributed by atoms with van der Waals surface area (Å²) >= 11 is 0. The first-order chi connectivity index (χ1) is 6.27. The van der Waals surface area contributed by atoms with Gasteiger partial charge in [0.25, 0.3) is 0 Å². The second-order valence-electron chi connectivity index (χ2n) is 3.82. The number of carbonyl (C=O) groups excluding carboxylic acids is 1. The van der Waals surface area contributed by atoms with Gasteiger partial charge in [0.2, 0.25) is 0 Å². The van der Waals surface area contributed by atoms with Crippen molar-refractivity contribution in [1.29, 1.82) is 0 Å². The summed E-state index contributed by atoms with van der Waals surface area (Å²) in [5.41, 5.74) is 5.49. The smallest absolute Gasteiger partial charge is 0.308 e. The molecule has 0 unspecified atom stereocenters. The van der Waals surface area contributed by atoms with Crippen molar-refractivity contribution < 1.29 is 9.53 Å². The maximum absolute atomic E-state index is 11.2. The number of nitrogens with two attached hydrogens (primary N) is 1. The molecular weight excluding hydrogens is 166 g/mol. The largest absolute Gasteiger partial charge is 0.469 e. The molecule has 3 nitrogen and oxygen atoms in total. The van der Waals surface area contributed by atoms with Gasteiger partial charge in [-0.25, -0.2) is 0 Å². The molecule has 1 aliphatic rings. The lowest BCUT2D eigenvalue weighted by atomic mass is 9.80. The van der Waals surface area contributed by atoms with Crippen LogP contribution >= 0.6 is 0 Å². The van der Waals surface area contributed by atoms with E-state index in [0.717, 1.165) is 44.6 Å². The molecule has 0 radical (unpaired) electrons. The van der Waals surface area contributed by atoms with Crippen molar-refractivity contribution in [3.8, 4) is 0 Å². The van der Waals surface area contributed by atoms with Crippen LogP contribution in [0, 0.1) is 11.8 Å². The minimum Gasteiger partial charge on any atom is -0.469 e. The van der Waals surface area contributed by atoms with E-state index in [1.807, 2.05) is 0 Å². The van der Waals surface area contributed by atoms with Crippen LogP contribution in [0.4, 0.5) is 0 Å². The summed E-state index contributed by atoms with van der Waals surface area (Å²) in [4.78, 5) is 11.2. The monoisotopic (exact) mass is 185 g/mol. The fourth-order valence-electron chi connectivity index (χ4n) is 2.09. The molecule has 0 bridgehead atoms. The molecule has 3 heteroatoms. The van der Waals surface area contributed by atoms with Crippen molar-refractivity contribution in [2.75, 3.05) is 13.7 Å². The van der Waals surface area contributed by atoms with Gasteiger partial charge in [-0.15, -0.1) is 0 Å². The van der Waals surface area contributed by atoms with E-state index < -0.39 is 0 Å². The van der Waals surface area contributed by atoms with Gasteiger partial charge in [-0.1, -0.05) is 0 Å². The first kappa shape index (κ1) is 10.5. The van der Waals surface area contributed by atoms with Gasteiger partial charge in [-0.3, -0.25) is 4.79 Å². The van der Waals surface area contributed by atoms with Crippen LogP contribution in [-0.4, -0.2) is 19.6 Å². The van der Waals surface area contributed by atoms with Crippen LogP contribution < -0.4 is 5.73 Å². The van der Waals surface area contributed by atoms with E-state index in [4.69, 9.17) is 10.5 Å². The fraction of sp³-hybridized carbons (Fsp3) is 0.900. The van der Waals surface area contributed by atoms with Gasteiger partial charge in [0, 0.05) is 0 Å². The minimum atomic E-state index is -0.0359. The zero-order chi connectivity index (χ0) is 9.68. The summed E-state index contributed by atoms with van der Waals surface area (Å²) in [5, 5.41) is 0. The predicted octanol–water partition coefficient (Wildman–Crippen LogP) is 1.31. The third kappa shape index (κ3) is 2.99. The molecule has 0 spiro atoms. The normalized spacial score (nSPS) is 28.5. The summed E-state index contributed by atoms with van der Waals surface area (Å²) < 4.78 is 4.72. The molecule has 0 amide bonds. The van der Waals surface area contributed by atoms with E-state index in [1.54, 1.807) is 0 Å². The molecule has 2 N–H and O–H groups in total. The quantitative estimate of drug-likeness (QED) is 0.674. The molecule has 0 aromatic heterocycles. The van der Waals surface area contributed by atoms with Crippen molar-refractivity contribution in [2.45, 2.75) is 32.1 Å². The van der Waals surface area contributed by atoms with Gasteiger partial charge in [0.1, 0.15) is 0 Å². The van der Waals surface area contributed by atoms with Gasteiger partial charge >= 0.3 is 5.97 Å². The highest BCUT2D eigenvalue weighted by Gasteiger charge is 2.26. The highest BCUT2D eigenvalue weighted by molar-refractivity contribution is 5.72. The predicted molar refractivity (Wildman–Crippen MR) is 51.1 cm³/mol. The Labute approximate surface area is 79.6 Å². The Morgan fingerprint density at radius 3 is 2.46 bits per heavy atom. The van der Waals surface area contributed by atoms with Gasteiger partial charge < -0.3 is 10.5 Å². The zero-order valence-corrected chi connectivity index (χ0v) is 8.29. The van der Waals surface area contributed by atoms with E-state index >= 15 is 0 Å². The van der Waals surface area contributed by atoms with Crippen molar-refractivity contribution in [1.82, 2.24) is 0 Å². The summed E-state index contributed by atoms with van der Waals surface area (Å²) in [6.45, 7) is 0.771. The standard InChI is InChI=1S/C10H19NO2/c1-13-10(12)9-4-2-8(3-5-9)6-7-11/h8-9H,2-7,11H2,1H3. The number of carbonyl (C=O) groups is 1. The zero-order valence-electron chi connectivity index (χ0n) is 8.29. The summed E-state index contributed by atoms with van der Waals surface area (Å²) in [6, 6.07) is 0. The number of hydrogen-bond donors (Lipinski definition) is 1. The molecule has 0 aliphatic heterocycles. The maximum atomic E-state index is 11.2. The van der Waals surface area contributed by atoms with Crippen LogP contribution in [0.5, 0.6) is 0 Å². The lowest BCUT2D eigenvalue weighted by Gasteiger charge is -2.26. The van der Waals surface area contributed by atoms with Gasteiger partial charge in [-0.05, 0) is 44.6 Å². The molecule has 76 valence electrons. The highest BCUT2D eigenvalue weighted by atomic mass is 16.5. The lowest BCUT2D eigenvalue weighted by molar-refractivity contribution is -0.146. The summed E-state index contributed by atoms with van der Waals surface area (Å²) in [5.74, 6) is 0.858. The Hall–Kier alpha value is -0.570. The molecular formula is C10H19NO2. The lowest BCUT2D eigenvalue weighted by Crippen LogP contribution is -2.23. The molecule has 1 aliphatic carbocycles. The van der Waals surface area contributed by atoms with Gasteiger partial charge in [-0.2, -0.15) is 0 Å². The topological polar surface area (TPSA) is 52.3 Å². The van der Waals surface area contributed by atoms with Crippen LogP contribution in [-0.2, 0) is 9.53 Å². The first-order valence-corrected chi connectivity index (χ1v) is 5.05. The van der Waals surface area contributed by atoms with E-state index in [2.05, 4.69) is 0 Å². The minimum absolute atomic E-state index is 0.0359. The SMILES string of the molecule is COC(=O)C1CCC(CCN)CC1. The molecule has 1 fully saturated rings. The molecule has 1 rings (SSSR count). The van der Waals surface area contributed by atoms with Crippen LogP contribution in [0.2, 0.25) is 0 Å². The second kappa shape index (κ2) is 5.22. The number of hydrogen-bond acceptors (Lipinski definition) is 3. The molecule has 1 saturated carbocycles. The number of rotatable bonds is 3. The highest BCUT2D eigenvalue weighted by Crippen LogP contribution is 2.30. The summed E-state index contributed by atoms with van der Waals surface area (Å²) in [6.07, 6.45) is 5.34. The third-order valence-electron chi connectivity index (χ3n) is 2.96. The van der Waals surface area contributed by atoms with E-state index in [9.17, 15) is 4.79 Å². The molecule has 0 saturated heterocycles. The van der Waals surface area contributed by atoms with Crippen molar-refractivity contribution in [3.05, 3.63) is 0 Å². The van der Waals surface area contributed by atoms with Crippen molar-refractivity contribution in [2.24, 2.45) is 17.6 Å². The van der Waals surface area contributed by atoms with Crippen LogP contribution in [0.15, 0.2) is 0 Å². The van der Waals surface area contributed by atoms with E-state index in [0.29, 0.717) is 0 Å². The summed E-state index contributed by atoms with van der Waals surface area (Å²) in [7, 11) is 1.47.